The minimum atomic E-state index is -1.02. The van der Waals surface area contributed by atoms with Gasteiger partial charge in [0.15, 0.2) is 5.65 Å². The van der Waals surface area contributed by atoms with Crippen LogP contribution in [0.1, 0.15) is 16.1 Å². The molecule has 1 aromatic carbocycles. The van der Waals surface area contributed by atoms with Crippen molar-refractivity contribution < 1.29 is 15.0 Å². The molecule has 6 heteroatoms. The molecule has 2 heterocycles. The Bertz CT molecular complexity index is 841. The van der Waals surface area contributed by atoms with Gasteiger partial charge in [-0.25, -0.2) is 14.5 Å². The molecule has 3 rings (SSSR count). The molecule has 2 aromatic heterocycles. The van der Waals surface area contributed by atoms with Gasteiger partial charge in [-0.2, -0.15) is 5.10 Å². The number of aryl methyl sites for hydroxylation is 1. The SMILES string of the molecule is Cc1cc(C(=O)O)c2c(-c3ccccc3)nn(CCO)c2n1. The summed E-state index contributed by atoms with van der Waals surface area (Å²) in [7, 11) is 0. The zero-order valence-electron chi connectivity index (χ0n) is 12.0. The number of carboxylic acids is 1. The molecule has 0 saturated carbocycles. The van der Waals surface area contributed by atoms with Crippen LogP contribution in [0.15, 0.2) is 36.4 Å². The zero-order valence-corrected chi connectivity index (χ0v) is 12.0. The van der Waals surface area contributed by atoms with Crippen LogP contribution in [0.3, 0.4) is 0 Å². The second-order valence-electron chi connectivity index (χ2n) is 4.98. The number of benzene rings is 1. The van der Waals surface area contributed by atoms with Gasteiger partial charge >= 0.3 is 5.97 Å². The van der Waals surface area contributed by atoms with Crippen LogP contribution in [-0.4, -0.2) is 37.6 Å². The summed E-state index contributed by atoms with van der Waals surface area (Å²) in [6, 6.07) is 10.9. The van der Waals surface area contributed by atoms with E-state index in [1.54, 1.807) is 17.7 Å². The first-order chi connectivity index (χ1) is 10.6. The Hall–Kier alpha value is -2.73. The smallest absolute Gasteiger partial charge is 0.336 e. The van der Waals surface area contributed by atoms with Gasteiger partial charge in [0.1, 0.15) is 5.69 Å². The molecule has 0 atom stereocenters. The average Bonchev–Trinajstić information content (AvgIpc) is 2.86. The molecule has 3 aromatic rings. The normalized spacial score (nSPS) is 11.0. The average molecular weight is 297 g/mol. The Morgan fingerprint density at radius 1 is 1.27 bits per heavy atom. The molecule has 0 radical (unpaired) electrons. The number of aromatic carboxylic acids is 1. The van der Waals surface area contributed by atoms with Crippen molar-refractivity contribution in [2.75, 3.05) is 6.61 Å². The summed E-state index contributed by atoms with van der Waals surface area (Å²) < 4.78 is 1.55. The highest BCUT2D eigenvalue weighted by Crippen LogP contribution is 2.30. The highest BCUT2D eigenvalue weighted by atomic mass is 16.4. The van der Waals surface area contributed by atoms with Crippen LogP contribution >= 0.6 is 0 Å². The number of hydrogen-bond donors (Lipinski definition) is 2. The lowest BCUT2D eigenvalue weighted by Crippen LogP contribution is -2.06. The third-order valence-electron chi connectivity index (χ3n) is 3.42. The maximum absolute atomic E-state index is 11.6. The molecule has 0 fully saturated rings. The fourth-order valence-corrected chi connectivity index (χ4v) is 2.51. The number of pyridine rings is 1. The van der Waals surface area contributed by atoms with Crippen LogP contribution in [0.5, 0.6) is 0 Å². The summed E-state index contributed by atoms with van der Waals surface area (Å²) in [5.41, 5.74) is 2.63. The van der Waals surface area contributed by atoms with Crippen LogP contribution in [0.2, 0.25) is 0 Å². The van der Waals surface area contributed by atoms with Crippen molar-refractivity contribution in [1.82, 2.24) is 14.8 Å². The minimum absolute atomic E-state index is 0.0942. The van der Waals surface area contributed by atoms with Crippen LogP contribution in [0, 0.1) is 6.92 Å². The second kappa shape index (κ2) is 5.57. The van der Waals surface area contributed by atoms with E-state index >= 15 is 0 Å². The predicted molar refractivity (Wildman–Crippen MR) is 81.7 cm³/mol. The molecule has 0 aliphatic heterocycles. The molecule has 0 amide bonds. The number of aliphatic hydroxyl groups is 1. The molecular weight excluding hydrogens is 282 g/mol. The van der Waals surface area contributed by atoms with Crippen molar-refractivity contribution >= 4 is 17.0 Å². The number of hydrogen-bond acceptors (Lipinski definition) is 4. The predicted octanol–water partition coefficient (Wildman–Crippen LogP) is 2.10. The Labute approximate surface area is 126 Å². The summed E-state index contributed by atoms with van der Waals surface area (Å²) in [4.78, 5) is 16.0. The van der Waals surface area contributed by atoms with Gasteiger partial charge in [0.05, 0.1) is 24.1 Å². The van der Waals surface area contributed by atoms with Gasteiger partial charge in [-0.3, -0.25) is 0 Å². The van der Waals surface area contributed by atoms with E-state index in [0.717, 1.165) is 5.56 Å². The largest absolute Gasteiger partial charge is 0.478 e. The molecule has 22 heavy (non-hydrogen) atoms. The lowest BCUT2D eigenvalue weighted by Gasteiger charge is -2.03. The van der Waals surface area contributed by atoms with E-state index in [1.807, 2.05) is 30.3 Å². The first-order valence-electron chi connectivity index (χ1n) is 6.89. The monoisotopic (exact) mass is 297 g/mol. The van der Waals surface area contributed by atoms with Crippen LogP contribution in [0.4, 0.5) is 0 Å². The highest BCUT2D eigenvalue weighted by Gasteiger charge is 2.20. The molecule has 0 bridgehead atoms. The Morgan fingerprint density at radius 3 is 2.64 bits per heavy atom. The van der Waals surface area contributed by atoms with Crippen LogP contribution in [-0.2, 0) is 6.54 Å². The standard InChI is InChI=1S/C16H15N3O3/c1-10-9-12(16(21)22)13-14(11-5-3-2-4-6-11)18-19(7-8-20)15(13)17-10/h2-6,9,20H,7-8H2,1H3,(H,21,22). The van der Waals surface area contributed by atoms with E-state index in [-0.39, 0.29) is 18.7 Å². The molecule has 0 spiro atoms. The van der Waals surface area contributed by atoms with Gasteiger partial charge < -0.3 is 10.2 Å². The Morgan fingerprint density at radius 2 is 2.00 bits per heavy atom. The molecule has 112 valence electrons. The zero-order chi connectivity index (χ0) is 15.7. The van der Waals surface area contributed by atoms with Crippen molar-refractivity contribution in [1.29, 1.82) is 0 Å². The van der Waals surface area contributed by atoms with E-state index in [0.29, 0.717) is 22.4 Å². The third-order valence-corrected chi connectivity index (χ3v) is 3.42. The second-order valence-corrected chi connectivity index (χ2v) is 4.98. The van der Waals surface area contributed by atoms with E-state index in [1.165, 1.54) is 0 Å². The summed E-state index contributed by atoms with van der Waals surface area (Å²) in [5.74, 6) is -1.02. The maximum Gasteiger partial charge on any atom is 0.336 e. The molecule has 0 aliphatic rings. The maximum atomic E-state index is 11.6. The fraction of sp³-hybridized carbons (Fsp3) is 0.188. The number of rotatable bonds is 4. The first kappa shape index (κ1) is 14.2. The molecular formula is C16H15N3O3. The van der Waals surface area contributed by atoms with Crippen molar-refractivity contribution in [3.63, 3.8) is 0 Å². The van der Waals surface area contributed by atoms with E-state index in [9.17, 15) is 15.0 Å². The molecule has 0 unspecified atom stereocenters. The van der Waals surface area contributed by atoms with Gasteiger partial charge in [0, 0.05) is 11.3 Å². The summed E-state index contributed by atoms with van der Waals surface area (Å²) in [6.07, 6.45) is 0. The number of fused-ring (bicyclic) bond motifs is 1. The Kier molecular flexibility index (Phi) is 3.60. The van der Waals surface area contributed by atoms with Crippen LogP contribution in [0.25, 0.3) is 22.3 Å². The lowest BCUT2D eigenvalue weighted by atomic mass is 10.0. The van der Waals surface area contributed by atoms with Gasteiger partial charge in [0.25, 0.3) is 0 Å². The quantitative estimate of drug-likeness (QED) is 0.770. The number of aromatic nitrogens is 3. The van der Waals surface area contributed by atoms with Crippen molar-refractivity contribution in [2.24, 2.45) is 0 Å². The molecule has 2 N–H and O–H groups in total. The summed E-state index contributed by atoms with van der Waals surface area (Å²) in [6.45, 7) is 1.91. The number of carbonyl (C=O) groups is 1. The van der Waals surface area contributed by atoms with E-state index in [4.69, 9.17) is 0 Å². The van der Waals surface area contributed by atoms with Gasteiger partial charge in [-0.15, -0.1) is 0 Å². The summed E-state index contributed by atoms with van der Waals surface area (Å²) in [5, 5.41) is 23.7. The van der Waals surface area contributed by atoms with E-state index < -0.39 is 5.97 Å². The van der Waals surface area contributed by atoms with Crippen LogP contribution < -0.4 is 0 Å². The van der Waals surface area contributed by atoms with Crippen molar-refractivity contribution in [3.05, 3.63) is 47.7 Å². The molecule has 6 nitrogen and oxygen atoms in total. The number of aliphatic hydroxyl groups excluding tert-OH is 1. The Balaban J connectivity index is 2.39. The van der Waals surface area contributed by atoms with Crippen molar-refractivity contribution in [2.45, 2.75) is 13.5 Å². The first-order valence-corrected chi connectivity index (χ1v) is 6.89. The highest BCUT2D eigenvalue weighted by molar-refractivity contribution is 6.07. The van der Waals surface area contributed by atoms with E-state index in [2.05, 4.69) is 10.1 Å². The molecule has 0 saturated heterocycles. The fourth-order valence-electron chi connectivity index (χ4n) is 2.51. The summed E-state index contributed by atoms with van der Waals surface area (Å²) >= 11 is 0. The third kappa shape index (κ3) is 2.33. The van der Waals surface area contributed by atoms with Gasteiger partial charge in [-0.05, 0) is 13.0 Å². The van der Waals surface area contributed by atoms with Gasteiger partial charge in [0.2, 0.25) is 0 Å². The lowest BCUT2D eigenvalue weighted by molar-refractivity contribution is 0.0699. The van der Waals surface area contributed by atoms with Gasteiger partial charge in [-0.1, -0.05) is 30.3 Å². The number of carboxylic acid groups (broad SMARTS) is 1. The minimum Gasteiger partial charge on any atom is -0.478 e. The number of nitrogens with zero attached hydrogens (tertiary/aromatic N) is 3. The molecule has 0 aliphatic carbocycles. The van der Waals surface area contributed by atoms with Crippen molar-refractivity contribution in [3.8, 4) is 11.3 Å². The topological polar surface area (TPSA) is 88.2 Å².